The van der Waals surface area contributed by atoms with Gasteiger partial charge in [0.15, 0.2) is 0 Å². The summed E-state index contributed by atoms with van der Waals surface area (Å²) >= 11 is 1.70. The Hall–Kier alpha value is -2.78. The van der Waals surface area contributed by atoms with Crippen LogP contribution >= 0.6 is 11.3 Å². The Balaban J connectivity index is 1.38. The molecule has 0 aliphatic carbocycles. The van der Waals surface area contributed by atoms with Crippen LogP contribution in [0.3, 0.4) is 0 Å². The van der Waals surface area contributed by atoms with Crippen LogP contribution in [0.5, 0.6) is 0 Å². The van der Waals surface area contributed by atoms with Crippen LogP contribution in [-0.2, 0) is 16.1 Å². The molecule has 0 radical (unpaired) electrons. The van der Waals surface area contributed by atoms with Crippen molar-refractivity contribution >= 4 is 34.5 Å². The molecule has 1 aromatic carbocycles. The minimum atomic E-state index is -0.774. The molecule has 28 heavy (non-hydrogen) atoms. The number of nitro groups is 1. The molecule has 1 aromatic heterocycles. The Morgan fingerprint density at radius 3 is 2.46 bits per heavy atom. The first kappa shape index (κ1) is 20.0. The monoisotopic (exact) mass is 402 g/mol. The number of anilines is 1. The molecule has 9 heteroatoms. The lowest BCUT2D eigenvalue weighted by Crippen LogP contribution is -2.41. The molecule has 0 saturated carbocycles. The molecule has 2 amide bonds. The van der Waals surface area contributed by atoms with Gasteiger partial charge in [-0.25, -0.2) is 0 Å². The number of likely N-dealkylation sites (tertiary alicyclic amines) is 1. The van der Waals surface area contributed by atoms with Crippen LogP contribution in [0.4, 0.5) is 11.4 Å². The number of hydrogen-bond acceptors (Lipinski definition) is 6. The second-order valence-corrected chi connectivity index (χ2v) is 7.60. The largest absolute Gasteiger partial charge is 0.348 e. The molecule has 2 aromatic rings. The van der Waals surface area contributed by atoms with Gasteiger partial charge < -0.3 is 10.6 Å². The first-order valence-electron chi connectivity index (χ1n) is 9.08. The summed E-state index contributed by atoms with van der Waals surface area (Å²) in [6, 6.07) is 7.48. The maximum atomic E-state index is 12.0. The Bertz CT molecular complexity index is 815. The summed E-state index contributed by atoms with van der Waals surface area (Å²) < 4.78 is 0. The zero-order valence-corrected chi connectivity index (χ0v) is 16.1. The fourth-order valence-electron chi connectivity index (χ4n) is 3.16. The van der Waals surface area contributed by atoms with Gasteiger partial charge in [0.2, 0.25) is 0 Å². The lowest BCUT2D eigenvalue weighted by molar-refractivity contribution is -0.384. The molecule has 1 aliphatic heterocycles. The third-order valence-electron chi connectivity index (χ3n) is 4.79. The van der Waals surface area contributed by atoms with Gasteiger partial charge in [0.05, 0.1) is 4.92 Å². The molecule has 0 atom stereocenters. The number of amides is 2. The quantitative estimate of drug-likeness (QED) is 0.439. The molecule has 0 unspecified atom stereocenters. The number of rotatable bonds is 6. The van der Waals surface area contributed by atoms with Crippen LogP contribution < -0.4 is 10.6 Å². The van der Waals surface area contributed by atoms with E-state index in [1.54, 1.807) is 11.3 Å². The van der Waals surface area contributed by atoms with Gasteiger partial charge in [-0.15, -0.1) is 0 Å². The first-order chi connectivity index (χ1) is 13.5. The molecule has 3 rings (SSSR count). The summed E-state index contributed by atoms with van der Waals surface area (Å²) in [5.74, 6) is -1.11. The van der Waals surface area contributed by atoms with Crippen LogP contribution in [0.25, 0.3) is 0 Å². The van der Waals surface area contributed by atoms with Gasteiger partial charge in [0, 0.05) is 30.9 Å². The zero-order valence-electron chi connectivity index (χ0n) is 15.3. The molecule has 1 aliphatic rings. The van der Waals surface area contributed by atoms with Crippen LogP contribution in [0.2, 0.25) is 0 Å². The molecule has 1 saturated heterocycles. The van der Waals surface area contributed by atoms with Gasteiger partial charge in [-0.05, 0) is 66.4 Å². The van der Waals surface area contributed by atoms with Crippen molar-refractivity contribution < 1.29 is 14.5 Å². The minimum Gasteiger partial charge on any atom is -0.348 e. The summed E-state index contributed by atoms with van der Waals surface area (Å²) in [5.41, 5.74) is 1.60. The average molecular weight is 402 g/mol. The van der Waals surface area contributed by atoms with Crippen LogP contribution in [-0.4, -0.2) is 41.3 Å². The van der Waals surface area contributed by atoms with E-state index < -0.39 is 16.7 Å². The lowest BCUT2D eigenvalue weighted by atomic mass is 9.96. The lowest BCUT2D eigenvalue weighted by Gasteiger charge is -2.31. The number of carbonyl (C=O) groups excluding carboxylic acids is 2. The summed E-state index contributed by atoms with van der Waals surface area (Å²) in [7, 11) is 0. The van der Waals surface area contributed by atoms with Crippen LogP contribution in [0.1, 0.15) is 18.4 Å². The minimum absolute atomic E-state index is 0.0761. The highest BCUT2D eigenvalue weighted by Crippen LogP contribution is 2.19. The fraction of sp³-hybridized carbons (Fsp3) is 0.368. The molecule has 8 nitrogen and oxygen atoms in total. The van der Waals surface area contributed by atoms with E-state index >= 15 is 0 Å². The number of nitro benzene ring substituents is 1. The molecule has 1 fully saturated rings. The highest BCUT2D eigenvalue weighted by Gasteiger charge is 2.21. The molecule has 2 heterocycles. The number of non-ortho nitro benzene ring substituents is 1. The Labute approximate surface area is 166 Å². The standard InChI is InChI=1S/C19H22N4O4S/c24-18(19(25)21-16-1-3-17(4-2-16)23(26)27)20-11-14-5-8-22(9-6-14)12-15-7-10-28-13-15/h1-4,7,10,13-14H,5-6,8-9,11-12H2,(H,20,24)(H,21,25). The number of nitrogens with one attached hydrogen (secondary N) is 2. The average Bonchev–Trinajstić information content (AvgIpc) is 3.20. The number of thiophene rings is 1. The van der Waals surface area contributed by atoms with Crippen LogP contribution in [0, 0.1) is 16.0 Å². The smallest absolute Gasteiger partial charge is 0.313 e. The summed E-state index contributed by atoms with van der Waals surface area (Å²) in [4.78, 5) is 36.5. The molecule has 2 N–H and O–H groups in total. The van der Waals surface area contributed by atoms with Gasteiger partial charge >= 0.3 is 11.8 Å². The molecule has 0 bridgehead atoms. The SMILES string of the molecule is O=C(NCC1CCN(Cc2ccsc2)CC1)C(=O)Nc1ccc([N+](=O)[O-])cc1. The van der Waals surface area contributed by atoms with Crippen molar-refractivity contribution in [1.29, 1.82) is 0 Å². The molecule has 0 spiro atoms. The van der Waals surface area contributed by atoms with E-state index in [1.807, 2.05) is 0 Å². The van der Waals surface area contributed by atoms with Crippen molar-refractivity contribution in [3.05, 3.63) is 56.8 Å². The predicted octanol–water partition coefficient (Wildman–Crippen LogP) is 2.62. The third-order valence-corrected chi connectivity index (χ3v) is 5.52. The van der Waals surface area contributed by atoms with Gasteiger partial charge in [-0.2, -0.15) is 11.3 Å². The number of benzene rings is 1. The Morgan fingerprint density at radius 1 is 1.14 bits per heavy atom. The topological polar surface area (TPSA) is 105 Å². The van der Waals surface area contributed by atoms with Crippen molar-refractivity contribution in [2.24, 2.45) is 5.92 Å². The number of piperidine rings is 1. The summed E-state index contributed by atoms with van der Waals surface area (Å²) in [6.45, 7) is 3.38. The third kappa shape index (κ3) is 5.61. The second kappa shape index (κ2) is 9.43. The number of hydrogen-bond donors (Lipinski definition) is 2. The second-order valence-electron chi connectivity index (χ2n) is 6.82. The van der Waals surface area contributed by atoms with E-state index in [2.05, 4.69) is 32.4 Å². The molecular formula is C19H22N4O4S. The van der Waals surface area contributed by atoms with Gasteiger partial charge in [0.25, 0.3) is 5.69 Å². The Kier molecular flexibility index (Phi) is 6.72. The number of carbonyl (C=O) groups is 2. The van der Waals surface area contributed by atoms with Crippen molar-refractivity contribution in [3.8, 4) is 0 Å². The van der Waals surface area contributed by atoms with E-state index in [1.165, 1.54) is 29.8 Å². The molecule has 148 valence electrons. The fourth-order valence-corrected chi connectivity index (χ4v) is 3.82. The van der Waals surface area contributed by atoms with Crippen molar-refractivity contribution in [2.75, 3.05) is 25.0 Å². The van der Waals surface area contributed by atoms with E-state index in [4.69, 9.17) is 0 Å². The zero-order chi connectivity index (χ0) is 19.9. The normalized spacial score (nSPS) is 15.1. The highest BCUT2D eigenvalue weighted by atomic mass is 32.1. The van der Waals surface area contributed by atoms with E-state index in [0.29, 0.717) is 18.2 Å². The van der Waals surface area contributed by atoms with Crippen LogP contribution in [0.15, 0.2) is 41.1 Å². The summed E-state index contributed by atoms with van der Waals surface area (Å²) in [5, 5.41) is 20.0. The number of nitrogens with zero attached hydrogens (tertiary/aromatic N) is 2. The molecular weight excluding hydrogens is 380 g/mol. The van der Waals surface area contributed by atoms with Crippen molar-refractivity contribution in [3.63, 3.8) is 0 Å². The van der Waals surface area contributed by atoms with E-state index in [-0.39, 0.29) is 5.69 Å². The predicted molar refractivity (Wildman–Crippen MR) is 107 cm³/mol. The van der Waals surface area contributed by atoms with Gasteiger partial charge in [-0.3, -0.25) is 24.6 Å². The van der Waals surface area contributed by atoms with Crippen molar-refractivity contribution in [1.82, 2.24) is 10.2 Å². The van der Waals surface area contributed by atoms with E-state index in [9.17, 15) is 19.7 Å². The van der Waals surface area contributed by atoms with Crippen molar-refractivity contribution in [2.45, 2.75) is 19.4 Å². The highest BCUT2D eigenvalue weighted by molar-refractivity contribution is 7.07. The summed E-state index contributed by atoms with van der Waals surface area (Å²) in [6.07, 6.45) is 1.96. The van der Waals surface area contributed by atoms with Gasteiger partial charge in [0.1, 0.15) is 0 Å². The first-order valence-corrected chi connectivity index (χ1v) is 10.0. The van der Waals surface area contributed by atoms with E-state index in [0.717, 1.165) is 32.5 Å². The Morgan fingerprint density at radius 2 is 1.86 bits per heavy atom. The van der Waals surface area contributed by atoms with Gasteiger partial charge in [-0.1, -0.05) is 0 Å². The maximum Gasteiger partial charge on any atom is 0.313 e. The maximum absolute atomic E-state index is 12.0.